The molecule has 1 unspecified atom stereocenters. The predicted molar refractivity (Wildman–Crippen MR) is 111 cm³/mol. The maximum atomic E-state index is 9.52. The highest BCUT2D eigenvalue weighted by molar-refractivity contribution is 7.22. The number of nitrogens with zero attached hydrogens (tertiary/aromatic N) is 2. The van der Waals surface area contributed by atoms with E-state index in [2.05, 4.69) is 29.1 Å². The minimum Gasteiger partial charge on any atom is -0.457 e. The van der Waals surface area contributed by atoms with E-state index in [0.717, 1.165) is 37.8 Å². The molecule has 2 N–H and O–H groups in total. The first-order valence-electron chi connectivity index (χ1n) is 8.93. The molecular weight excluding hydrogens is 358 g/mol. The lowest BCUT2D eigenvalue weighted by atomic mass is 10.1. The van der Waals surface area contributed by atoms with Gasteiger partial charge >= 0.3 is 0 Å². The van der Waals surface area contributed by atoms with Crippen molar-refractivity contribution in [2.75, 3.05) is 11.9 Å². The molecule has 4 aromatic rings. The van der Waals surface area contributed by atoms with Gasteiger partial charge in [0.15, 0.2) is 5.13 Å². The Morgan fingerprint density at radius 2 is 1.96 bits per heavy atom. The van der Waals surface area contributed by atoms with E-state index in [1.54, 1.807) is 17.5 Å². The second-order valence-electron chi connectivity index (χ2n) is 6.75. The van der Waals surface area contributed by atoms with Crippen LogP contribution in [0.2, 0.25) is 0 Å². The van der Waals surface area contributed by atoms with Gasteiger partial charge in [-0.25, -0.2) is 4.98 Å². The maximum Gasteiger partial charge on any atom is 0.184 e. The Morgan fingerprint density at radius 3 is 2.78 bits per heavy atom. The largest absolute Gasteiger partial charge is 0.457 e. The summed E-state index contributed by atoms with van der Waals surface area (Å²) >= 11 is 1.56. The Labute approximate surface area is 161 Å². The average Bonchev–Trinajstić information content (AvgIpc) is 3.08. The fourth-order valence-electron chi connectivity index (χ4n) is 2.90. The molecule has 0 fully saturated rings. The summed E-state index contributed by atoms with van der Waals surface area (Å²) in [5.74, 6) is 1.86. The number of para-hydroxylation sites is 1. The molecule has 0 aliphatic heterocycles. The molecule has 27 heavy (non-hydrogen) atoms. The van der Waals surface area contributed by atoms with Crippen molar-refractivity contribution < 1.29 is 9.84 Å². The molecule has 2 heterocycles. The van der Waals surface area contributed by atoms with E-state index < -0.39 is 0 Å². The van der Waals surface area contributed by atoms with Gasteiger partial charge in [0.05, 0.1) is 28.4 Å². The molecule has 5 nitrogen and oxygen atoms in total. The standard InChI is InChI=1S/C21H21N3O2S/c1-13(2)18(12-25)24-21-23-17-8-7-14(11-20(17)27-21)26-19-9-10-22-16-6-4-3-5-15(16)19/h3-11,13,18,25H,12H2,1-2H3,(H,23,24). The van der Waals surface area contributed by atoms with E-state index in [0.29, 0.717) is 5.92 Å². The topological polar surface area (TPSA) is 67.3 Å². The molecule has 6 heteroatoms. The lowest BCUT2D eigenvalue weighted by Gasteiger charge is -2.18. The molecule has 0 saturated heterocycles. The van der Waals surface area contributed by atoms with Crippen molar-refractivity contribution >= 4 is 37.6 Å². The fourth-order valence-corrected chi connectivity index (χ4v) is 3.85. The molecule has 4 rings (SSSR count). The summed E-state index contributed by atoms with van der Waals surface area (Å²) in [6.45, 7) is 4.23. The number of aromatic nitrogens is 2. The van der Waals surface area contributed by atoms with E-state index in [1.165, 1.54) is 0 Å². The Bertz CT molecular complexity index is 1070. The van der Waals surface area contributed by atoms with E-state index in [4.69, 9.17) is 4.74 Å². The van der Waals surface area contributed by atoms with Gasteiger partial charge in [0, 0.05) is 17.6 Å². The second-order valence-corrected chi connectivity index (χ2v) is 7.78. The van der Waals surface area contributed by atoms with Gasteiger partial charge < -0.3 is 15.2 Å². The first kappa shape index (κ1) is 17.7. The third kappa shape index (κ3) is 3.72. The van der Waals surface area contributed by atoms with Crippen LogP contribution in [0.5, 0.6) is 11.5 Å². The van der Waals surface area contributed by atoms with Crippen LogP contribution in [0, 0.1) is 5.92 Å². The van der Waals surface area contributed by atoms with E-state index in [1.807, 2.05) is 48.5 Å². The number of aliphatic hydroxyl groups is 1. The summed E-state index contributed by atoms with van der Waals surface area (Å²) in [5, 5.41) is 14.6. The summed E-state index contributed by atoms with van der Waals surface area (Å²) in [6.07, 6.45) is 1.76. The molecule has 0 aliphatic carbocycles. The van der Waals surface area contributed by atoms with Crippen LogP contribution in [-0.4, -0.2) is 27.7 Å². The van der Waals surface area contributed by atoms with Crippen molar-refractivity contribution in [1.29, 1.82) is 0 Å². The lowest BCUT2D eigenvalue weighted by molar-refractivity contribution is 0.249. The van der Waals surface area contributed by atoms with Crippen LogP contribution in [0.1, 0.15) is 13.8 Å². The third-order valence-electron chi connectivity index (χ3n) is 4.51. The van der Waals surface area contributed by atoms with Crippen LogP contribution in [0.4, 0.5) is 5.13 Å². The highest BCUT2D eigenvalue weighted by Crippen LogP contribution is 2.33. The minimum atomic E-state index is -0.00975. The first-order valence-corrected chi connectivity index (χ1v) is 9.75. The van der Waals surface area contributed by atoms with E-state index >= 15 is 0 Å². The minimum absolute atomic E-state index is 0.00975. The summed E-state index contributed by atoms with van der Waals surface area (Å²) in [7, 11) is 0. The number of benzene rings is 2. The predicted octanol–water partition coefficient (Wildman–Crippen LogP) is 5.07. The van der Waals surface area contributed by atoms with Gasteiger partial charge in [0.25, 0.3) is 0 Å². The molecule has 0 amide bonds. The van der Waals surface area contributed by atoms with Crippen LogP contribution in [0.15, 0.2) is 54.7 Å². The smallest absolute Gasteiger partial charge is 0.184 e. The van der Waals surface area contributed by atoms with Crippen molar-refractivity contribution in [2.45, 2.75) is 19.9 Å². The summed E-state index contributed by atoms with van der Waals surface area (Å²) in [6, 6.07) is 15.7. The van der Waals surface area contributed by atoms with Crippen molar-refractivity contribution in [3.8, 4) is 11.5 Å². The summed E-state index contributed by atoms with van der Waals surface area (Å²) in [4.78, 5) is 8.98. The molecule has 0 spiro atoms. The molecule has 0 radical (unpaired) electrons. The van der Waals surface area contributed by atoms with Gasteiger partial charge in [0.1, 0.15) is 11.5 Å². The maximum absolute atomic E-state index is 9.52. The third-order valence-corrected chi connectivity index (χ3v) is 5.46. The number of pyridine rings is 1. The van der Waals surface area contributed by atoms with E-state index in [-0.39, 0.29) is 12.6 Å². The zero-order chi connectivity index (χ0) is 18.8. The number of rotatable bonds is 6. The zero-order valence-electron chi connectivity index (χ0n) is 15.2. The molecule has 0 saturated carbocycles. The van der Waals surface area contributed by atoms with Gasteiger partial charge in [-0.1, -0.05) is 37.3 Å². The van der Waals surface area contributed by atoms with Crippen LogP contribution in [0.3, 0.4) is 0 Å². The summed E-state index contributed by atoms with van der Waals surface area (Å²) < 4.78 is 7.16. The Balaban J connectivity index is 1.61. The average molecular weight is 379 g/mol. The monoisotopic (exact) mass is 379 g/mol. The first-order chi connectivity index (χ1) is 13.1. The molecule has 2 aromatic carbocycles. The highest BCUT2D eigenvalue weighted by Gasteiger charge is 2.14. The molecule has 0 bridgehead atoms. The number of hydrogen-bond acceptors (Lipinski definition) is 6. The number of nitrogens with one attached hydrogen (secondary N) is 1. The molecular formula is C21H21N3O2S. The zero-order valence-corrected chi connectivity index (χ0v) is 16.0. The second kappa shape index (κ2) is 7.50. The van der Waals surface area contributed by atoms with Crippen LogP contribution < -0.4 is 10.1 Å². The van der Waals surface area contributed by atoms with Crippen LogP contribution in [-0.2, 0) is 0 Å². The lowest BCUT2D eigenvalue weighted by Crippen LogP contribution is -2.29. The summed E-state index contributed by atoms with van der Waals surface area (Å²) in [5.41, 5.74) is 1.82. The Morgan fingerprint density at radius 1 is 1.11 bits per heavy atom. The Kier molecular flexibility index (Phi) is 4.92. The van der Waals surface area contributed by atoms with Crippen molar-refractivity contribution in [3.63, 3.8) is 0 Å². The molecule has 138 valence electrons. The van der Waals surface area contributed by atoms with Crippen molar-refractivity contribution in [3.05, 3.63) is 54.7 Å². The van der Waals surface area contributed by atoms with Crippen LogP contribution >= 0.6 is 11.3 Å². The number of ether oxygens (including phenoxy) is 1. The van der Waals surface area contributed by atoms with E-state index in [9.17, 15) is 5.11 Å². The van der Waals surface area contributed by atoms with Gasteiger partial charge in [-0.3, -0.25) is 4.98 Å². The van der Waals surface area contributed by atoms with Crippen LogP contribution in [0.25, 0.3) is 21.1 Å². The number of aliphatic hydroxyl groups excluding tert-OH is 1. The number of thiazole rings is 1. The van der Waals surface area contributed by atoms with Gasteiger partial charge in [0.2, 0.25) is 0 Å². The highest BCUT2D eigenvalue weighted by atomic mass is 32.1. The van der Waals surface area contributed by atoms with Crippen molar-refractivity contribution in [2.24, 2.45) is 5.92 Å². The quantitative estimate of drug-likeness (QED) is 0.490. The normalized spacial score (nSPS) is 12.6. The van der Waals surface area contributed by atoms with Gasteiger partial charge in [-0.15, -0.1) is 0 Å². The number of anilines is 1. The molecule has 1 atom stereocenters. The van der Waals surface area contributed by atoms with Crippen molar-refractivity contribution in [1.82, 2.24) is 9.97 Å². The molecule has 0 aliphatic rings. The Hall–Kier alpha value is -2.70. The molecule has 2 aromatic heterocycles. The number of hydrogen-bond donors (Lipinski definition) is 2. The van der Waals surface area contributed by atoms with Gasteiger partial charge in [-0.05, 0) is 36.2 Å². The SMILES string of the molecule is CC(C)C(CO)Nc1nc2ccc(Oc3ccnc4ccccc34)cc2s1. The number of fused-ring (bicyclic) bond motifs is 2. The van der Waals surface area contributed by atoms with Gasteiger partial charge in [-0.2, -0.15) is 0 Å². The fraction of sp³-hybridized carbons (Fsp3) is 0.238.